The molecule has 3 N–H and O–H groups in total. The fraction of sp³-hybridized carbons (Fsp3) is 0.536. The first-order valence-corrected chi connectivity index (χ1v) is 13.9. The minimum Gasteiger partial charge on any atom is -0.383 e. The van der Waals surface area contributed by atoms with Crippen LogP contribution in [0.4, 0.5) is 5.82 Å². The predicted molar refractivity (Wildman–Crippen MR) is 149 cm³/mol. The molecular formula is C28H38N8O3. The molecule has 0 radical (unpaired) electrons. The Bertz CT molecular complexity index is 1310. The number of anilines is 1. The van der Waals surface area contributed by atoms with Gasteiger partial charge in [0.05, 0.1) is 30.6 Å². The zero-order chi connectivity index (χ0) is 26.9. The maximum Gasteiger partial charge on any atom is 0.257 e. The predicted octanol–water partition coefficient (Wildman–Crippen LogP) is 1.81. The second-order valence-electron chi connectivity index (χ2n) is 10.6. The Morgan fingerprint density at radius 1 is 1.21 bits per heavy atom. The monoisotopic (exact) mass is 534 g/mol. The third-order valence-electron chi connectivity index (χ3n) is 8.49. The zero-order valence-corrected chi connectivity index (χ0v) is 22.9. The number of likely N-dealkylation sites (tertiary alicyclic amines) is 1. The number of piperidine rings is 1. The van der Waals surface area contributed by atoms with E-state index in [0.29, 0.717) is 17.3 Å². The number of hydrogen-bond donors (Lipinski definition) is 3. The van der Waals surface area contributed by atoms with E-state index in [-0.39, 0.29) is 24.2 Å². The van der Waals surface area contributed by atoms with Crippen LogP contribution >= 0.6 is 0 Å². The largest absolute Gasteiger partial charge is 0.383 e. The number of fused-ring (bicyclic) bond motifs is 2. The number of methoxy groups -OCH3 is 2. The van der Waals surface area contributed by atoms with E-state index in [1.54, 1.807) is 24.9 Å². The standard InChI is InChI=1S/C28H38N8O3/c1-29-25-15-23(32-27-21(17-31-36(25)27)28(37)33-22-6-7-24(22)39-3)20-16-30-26-19(20)5-4-10-35(26)18-8-11-34(12-9-18)13-14-38-2/h4-5,10,15-18,22,24,26,29-30H,6-9,11-14H2,1-3H3,(H,33,37)/t22-,24-,26?/m1/s1. The lowest BCUT2D eigenvalue weighted by Gasteiger charge is -2.42. The maximum absolute atomic E-state index is 13.2. The molecule has 39 heavy (non-hydrogen) atoms. The van der Waals surface area contributed by atoms with Crippen LogP contribution in [0.15, 0.2) is 42.4 Å². The van der Waals surface area contributed by atoms with Crippen molar-refractivity contribution in [1.82, 2.24) is 35.0 Å². The summed E-state index contributed by atoms with van der Waals surface area (Å²) >= 11 is 0. The number of ether oxygens (including phenoxy) is 2. The minimum absolute atomic E-state index is 0.0175. The van der Waals surface area contributed by atoms with Crippen molar-refractivity contribution in [3.05, 3.63) is 53.6 Å². The lowest BCUT2D eigenvalue weighted by atomic mass is 9.89. The molecule has 1 amide bonds. The van der Waals surface area contributed by atoms with Crippen LogP contribution in [0.3, 0.4) is 0 Å². The van der Waals surface area contributed by atoms with E-state index >= 15 is 0 Å². The van der Waals surface area contributed by atoms with Crippen LogP contribution in [0.2, 0.25) is 0 Å². The molecule has 208 valence electrons. The summed E-state index contributed by atoms with van der Waals surface area (Å²) in [5, 5.41) is 14.4. The van der Waals surface area contributed by atoms with Gasteiger partial charge in [-0.05, 0) is 31.8 Å². The molecule has 3 atom stereocenters. The van der Waals surface area contributed by atoms with E-state index in [1.165, 1.54) is 5.57 Å². The highest BCUT2D eigenvalue weighted by atomic mass is 16.5. The molecule has 2 aromatic heterocycles. The molecule has 11 nitrogen and oxygen atoms in total. The molecule has 11 heteroatoms. The van der Waals surface area contributed by atoms with Gasteiger partial charge in [0, 0.05) is 76.6 Å². The van der Waals surface area contributed by atoms with Crippen molar-refractivity contribution in [3.8, 4) is 0 Å². The van der Waals surface area contributed by atoms with Gasteiger partial charge in [-0.25, -0.2) is 4.98 Å². The number of aromatic nitrogens is 3. The number of rotatable bonds is 9. The number of amides is 1. The second kappa shape index (κ2) is 11.0. The zero-order valence-electron chi connectivity index (χ0n) is 22.9. The average molecular weight is 535 g/mol. The van der Waals surface area contributed by atoms with Crippen molar-refractivity contribution in [2.45, 2.75) is 50.0 Å². The van der Waals surface area contributed by atoms with Crippen LogP contribution in [0.25, 0.3) is 11.2 Å². The molecular weight excluding hydrogens is 496 g/mol. The van der Waals surface area contributed by atoms with E-state index in [0.717, 1.165) is 69.0 Å². The van der Waals surface area contributed by atoms with E-state index in [9.17, 15) is 4.79 Å². The first-order chi connectivity index (χ1) is 19.1. The summed E-state index contributed by atoms with van der Waals surface area (Å²) in [6.45, 7) is 3.92. The lowest BCUT2D eigenvalue weighted by Crippen LogP contribution is -2.51. The van der Waals surface area contributed by atoms with Crippen LogP contribution < -0.4 is 16.0 Å². The van der Waals surface area contributed by atoms with Gasteiger partial charge in [-0.1, -0.05) is 6.08 Å². The Hall–Kier alpha value is -3.41. The molecule has 1 saturated heterocycles. The van der Waals surface area contributed by atoms with Crippen molar-refractivity contribution in [1.29, 1.82) is 0 Å². The quantitative estimate of drug-likeness (QED) is 0.444. The molecule has 0 spiro atoms. The van der Waals surface area contributed by atoms with Gasteiger partial charge in [0.25, 0.3) is 5.91 Å². The highest BCUT2D eigenvalue weighted by molar-refractivity contribution is 6.00. The van der Waals surface area contributed by atoms with Gasteiger partial charge in [0.2, 0.25) is 0 Å². The molecule has 0 aromatic carbocycles. The van der Waals surface area contributed by atoms with Gasteiger partial charge in [-0.2, -0.15) is 9.61 Å². The Kier molecular flexibility index (Phi) is 7.28. The van der Waals surface area contributed by atoms with Crippen LogP contribution in [0, 0.1) is 0 Å². The first kappa shape index (κ1) is 25.8. The van der Waals surface area contributed by atoms with Crippen molar-refractivity contribution in [3.63, 3.8) is 0 Å². The van der Waals surface area contributed by atoms with Crippen LogP contribution in [-0.2, 0) is 9.47 Å². The van der Waals surface area contributed by atoms with Crippen molar-refractivity contribution >= 4 is 22.9 Å². The van der Waals surface area contributed by atoms with Crippen LogP contribution in [0.1, 0.15) is 41.7 Å². The Balaban J connectivity index is 1.22. The van der Waals surface area contributed by atoms with Crippen LogP contribution in [-0.4, -0.2) is 102 Å². The molecule has 2 fully saturated rings. The summed E-state index contributed by atoms with van der Waals surface area (Å²) in [7, 11) is 5.30. The number of carbonyl (C=O) groups is 1. The van der Waals surface area contributed by atoms with Gasteiger partial charge < -0.3 is 35.2 Å². The Morgan fingerprint density at radius 3 is 2.77 bits per heavy atom. The smallest absolute Gasteiger partial charge is 0.257 e. The summed E-state index contributed by atoms with van der Waals surface area (Å²) in [5.74, 6) is 0.590. The van der Waals surface area contributed by atoms with Crippen molar-refractivity contribution < 1.29 is 14.3 Å². The number of carbonyl (C=O) groups excluding carboxylic acids is 1. The normalized spacial score (nSPS) is 25.1. The topological polar surface area (TPSA) is 108 Å². The van der Waals surface area contributed by atoms with Gasteiger partial charge in [-0.15, -0.1) is 0 Å². The van der Waals surface area contributed by atoms with E-state index < -0.39 is 0 Å². The van der Waals surface area contributed by atoms with Crippen molar-refractivity contribution in [2.24, 2.45) is 0 Å². The van der Waals surface area contributed by atoms with Crippen molar-refractivity contribution in [2.75, 3.05) is 52.8 Å². The SMILES string of the molecule is CNc1cc(C2=CNC3C2=CC=CN3C2CCN(CCOC)CC2)nc2c(C(=O)N[C@@H]3CC[C@H]3OC)cnn12. The fourth-order valence-corrected chi connectivity index (χ4v) is 6.06. The summed E-state index contributed by atoms with van der Waals surface area (Å²) in [6.07, 6.45) is 14.4. The van der Waals surface area contributed by atoms with Gasteiger partial charge in [0.15, 0.2) is 5.65 Å². The Morgan fingerprint density at radius 2 is 2.05 bits per heavy atom. The summed E-state index contributed by atoms with van der Waals surface area (Å²) in [4.78, 5) is 23.1. The third-order valence-corrected chi connectivity index (χ3v) is 8.49. The molecule has 5 heterocycles. The Labute approximate surface area is 228 Å². The molecule has 1 aliphatic carbocycles. The molecule has 1 saturated carbocycles. The summed E-state index contributed by atoms with van der Waals surface area (Å²) in [6, 6.07) is 2.47. The molecule has 3 aliphatic heterocycles. The highest BCUT2D eigenvalue weighted by Gasteiger charge is 2.36. The van der Waals surface area contributed by atoms with Gasteiger partial charge in [0.1, 0.15) is 17.5 Å². The molecule has 6 rings (SSSR count). The number of nitrogens with zero attached hydrogens (tertiary/aromatic N) is 5. The highest BCUT2D eigenvalue weighted by Crippen LogP contribution is 2.36. The minimum atomic E-state index is -0.178. The summed E-state index contributed by atoms with van der Waals surface area (Å²) < 4.78 is 12.4. The van der Waals surface area contributed by atoms with Crippen LogP contribution in [0.5, 0.6) is 0 Å². The second-order valence-corrected chi connectivity index (χ2v) is 10.6. The van der Waals surface area contributed by atoms with E-state index in [4.69, 9.17) is 14.5 Å². The number of hydrogen-bond acceptors (Lipinski definition) is 9. The third kappa shape index (κ3) is 4.79. The van der Waals surface area contributed by atoms with E-state index in [1.807, 2.05) is 13.1 Å². The average Bonchev–Trinajstić information content (AvgIpc) is 3.59. The molecule has 4 aliphatic rings. The molecule has 1 unspecified atom stereocenters. The maximum atomic E-state index is 13.2. The van der Waals surface area contributed by atoms with E-state index in [2.05, 4.69) is 55.4 Å². The molecule has 0 bridgehead atoms. The first-order valence-electron chi connectivity index (χ1n) is 13.9. The number of allylic oxidation sites excluding steroid dienone is 2. The molecule has 2 aromatic rings. The number of nitrogens with one attached hydrogen (secondary N) is 3. The lowest BCUT2D eigenvalue weighted by molar-refractivity contribution is 0.00732. The van der Waals surface area contributed by atoms with Gasteiger partial charge in [-0.3, -0.25) is 4.79 Å². The van der Waals surface area contributed by atoms with Gasteiger partial charge >= 0.3 is 0 Å². The fourth-order valence-electron chi connectivity index (χ4n) is 6.06. The summed E-state index contributed by atoms with van der Waals surface area (Å²) in [5.41, 5.74) is 3.99.